The van der Waals surface area contributed by atoms with Crippen molar-refractivity contribution in [2.24, 2.45) is 0 Å². The molecule has 0 bridgehead atoms. The number of hydrogen-bond donors (Lipinski definition) is 1. The number of nitrogens with zero attached hydrogens (tertiary/aromatic N) is 1. The predicted molar refractivity (Wildman–Crippen MR) is 85.7 cm³/mol. The third-order valence-electron chi connectivity index (χ3n) is 3.56. The van der Waals surface area contributed by atoms with Crippen molar-refractivity contribution in [1.29, 1.82) is 0 Å². The molecule has 1 saturated heterocycles. The van der Waals surface area contributed by atoms with Crippen LogP contribution in [-0.4, -0.2) is 44.1 Å². The molecule has 1 aliphatic heterocycles. The van der Waals surface area contributed by atoms with Gasteiger partial charge in [0, 0.05) is 29.7 Å². The Balaban J connectivity index is 0.00000200. The number of nitrogens with one attached hydrogen (secondary N) is 1. The molecule has 1 aromatic carbocycles. The first-order valence-electron chi connectivity index (χ1n) is 6.40. The molecule has 1 N–H and O–H groups in total. The Morgan fingerprint density at radius 1 is 1.55 bits per heavy atom. The molecule has 1 atom stereocenters. The number of carbonyl (C=O) groups is 1. The van der Waals surface area contributed by atoms with Crippen molar-refractivity contribution < 1.29 is 9.53 Å². The summed E-state index contributed by atoms with van der Waals surface area (Å²) in [5.74, 6) is 0.889. The minimum atomic E-state index is 0. The summed E-state index contributed by atoms with van der Waals surface area (Å²) >= 11 is 3.43. The molecule has 112 valence electrons. The molecule has 1 aromatic rings. The Labute approximate surface area is 134 Å². The summed E-state index contributed by atoms with van der Waals surface area (Å²) in [5.41, 5.74) is 0.916. The van der Waals surface area contributed by atoms with E-state index in [0.717, 1.165) is 35.3 Å². The second kappa shape index (κ2) is 7.86. The molecule has 1 amide bonds. The van der Waals surface area contributed by atoms with Crippen LogP contribution in [0.3, 0.4) is 0 Å². The van der Waals surface area contributed by atoms with Gasteiger partial charge in [0.1, 0.15) is 5.75 Å². The van der Waals surface area contributed by atoms with Gasteiger partial charge in [-0.3, -0.25) is 4.79 Å². The maximum atomic E-state index is 12.3. The minimum Gasteiger partial charge on any atom is -0.496 e. The number of hydrogen-bond acceptors (Lipinski definition) is 3. The van der Waals surface area contributed by atoms with E-state index in [1.165, 1.54) is 0 Å². The van der Waals surface area contributed by atoms with Gasteiger partial charge in [0.05, 0.1) is 13.5 Å². The third kappa shape index (κ3) is 4.11. The zero-order valence-electron chi connectivity index (χ0n) is 11.7. The molecule has 0 spiro atoms. The fraction of sp³-hybridized carbons (Fsp3) is 0.500. The lowest BCUT2D eigenvalue weighted by Gasteiger charge is -2.24. The molecule has 20 heavy (non-hydrogen) atoms. The van der Waals surface area contributed by atoms with Crippen LogP contribution >= 0.6 is 28.3 Å². The smallest absolute Gasteiger partial charge is 0.227 e. The van der Waals surface area contributed by atoms with E-state index >= 15 is 0 Å². The Hall–Kier alpha value is -0.780. The molecular formula is C14H20BrClN2O2. The van der Waals surface area contributed by atoms with Gasteiger partial charge in [0.2, 0.25) is 5.91 Å². The number of benzene rings is 1. The van der Waals surface area contributed by atoms with Crippen LogP contribution in [-0.2, 0) is 11.2 Å². The molecule has 4 nitrogen and oxygen atoms in total. The van der Waals surface area contributed by atoms with Crippen LogP contribution in [0, 0.1) is 0 Å². The summed E-state index contributed by atoms with van der Waals surface area (Å²) in [5, 5.41) is 3.28. The highest BCUT2D eigenvalue weighted by molar-refractivity contribution is 9.10. The highest BCUT2D eigenvalue weighted by atomic mass is 79.9. The normalized spacial score (nSPS) is 17.4. The summed E-state index contributed by atoms with van der Waals surface area (Å²) in [6.07, 6.45) is 1.40. The van der Waals surface area contributed by atoms with Crippen LogP contribution in [0.15, 0.2) is 22.7 Å². The van der Waals surface area contributed by atoms with Crippen LogP contribution in [0.2, 0.25) is 0 Å². The standard InChI is InChI=1S/C14H19BrN2O2.ClH/c1-17(12-5-6-16-9-12)14(18)8-10-7-11(15)3-4-13(10)19-2;/h3-4,7,12,16H,5-6,8-9H2,1-2H3;1H. The first kappa shape index (κ1) is 17.3. The number of amides is 1. The van der Waals surface area contributed by atoms with Crippen molar-refractivity contribution >= 4 is 34.2 Å². The lowest BCUT2D eigenvalue weighted by Crippen LogP contribution is -2.39. The number of methoxy groups -OCH3 is 1. The third-order valence-corrected chi connectivity index (χ3v) is 4.05. The maximum Gasteiger partial charge on any atom is 0.227 e. The van der Waals surface area contributed by atoms with Crippen LogP contribution < -0.4 is 10.1 Å². The lowest BCUT2D eigenvalue weighted by atomic mass is 10.1. The van der Waals surface area contributed by atoms with Gasteiger partial charge in [-0.05, 0) is 31.2 Å². The summed E-state index contributed by atoms with van der Waals surface area (Å²) in [6, 6.07) is 6.05. The molecule has 1 unspecified atom stereocenters. The Kier molecular flexibility index (Phi) is 6.79. The average Bonchev–Trinajstić information content (AvgIpc) is 2.92. The van der Waals surface area contributed by atoms with E-state index in [1.807, 2.05) is 30.1 Å². The van der Waals surface area contributed by atoms with Crippen LogP contribution in [0.5, 0.6) is 5.75 Å². The van der Waals surface area contributed by atoms with Gasteiger partial charge in [-0.15, -0.1) is 12.4 Å². The zero-order valence-corrected chi connectivity index (χ0v) is 14.1. The molecule has 1 heterocycles. The van der Waals surface area contributed by atoms with Gasteiger partial charge in [-0.25, -0.2) is 0 Å². The fourth-order valence-corrected chi connectivity index (χ4v) is 2.76. The molecule has 1 fully saturated rings. The SMILES string of the molecule is COc1ccc(Br)cc1CC(=O)N(C)C1CCNC1.Cl. The van der Waals surface area contributed by atoms with Gasteiger partial charge < -0.3 is 15.0 Å². The molecule has 2 rings (SSSR count). The number of rotatable bonds is 4. The largest absolute Gasteiger partial charge is 0.496 e. The summed E-state index contributed by atoms with van der Waals surface area (Å²) < 4.78 is 6.26. The van der Waals surface area contributed by atoms with Gasteiger partial charge in [0.25, 0.3) is 0 Å². The first-order valence-corrected chi connectivity index (χ1v) is 7.20. The highest BCUT2D eigenvalue weighted by Crippen LogP contribution is 2.24. The summed E-state index contributed by atoms with van der Waals surface area (Å²) in [7, 11) is 3.51. The molecule has 0 saturated carbocycles. The van der Waals surface area contributed by atoms with E-state index in [1.54, 1.807) is 7.11 Å². The highest BCUT2D eigenvalue weighted by Gasteiger charge is 2.23. The van der Waals surface area contributed by atoms with Crippen molar-refractivity contribution in [3.63, 3.8) is 0 Å². The van der Waals surface area contributed by atoms with Gasteiger partial charge in [-0.2, -0.15) is 0 Å². The van der Waals surface area contributed by atoms with Crippen LogP contribution in [0.25, 0.3) is 0 Å². The fourth-order valence-electron chi connectivity index (χ4n) is 2.35. The molecule has 0 aliphatic carbocycles. The minimum absolute atomic E-state index is 0. The quantitative estimate of drug-likeness (QED) is 0.892. The van der Waals surface area contributed by atoms with Gasteiger partial charge in [-0.1, -0.05) is 15.9 Å². The van der Waals surface area contributed by atoms with E-state index < -0.39 is 0 Å². The number of likely N-dealkylation sites (N-methyl/N-ethyl adjacent to an activating group) is 1. The number of halogens is 2. The van der Waals surface area contributed by atoms with E-state index in [9.17, 15) is 4.79 Å². The maximum absolute atomic E-state index is 12.3. The summed E-state index contributed by atoms with van der Waals surface area (Å²) in [4.78, 5) is 14.2. The molecule has 6 heteroatoms. The Bertz CT molecular complexity index is 464. The van der Waals surface area contributed by atoms with Crippen molar-refractivity contribution in [2.45, 2.75) is 18.9 Å². The first-order chi connectivity index (χ1) is 9.11. The van der Waals surface area contributed by atoms with Crippen molar-refractivity contribution in [3.8, 4) is 5.75 Å². The van der Waals surface area contributed by atoms with Crippen molar-refractivity contribution in [1.82, 2.24) is 10.2 Å². The molecular weight excluding hydrogens is 344 g/mol. The van der Waals surface area contributed by atoms with Crippen molar-refractivity contribution in [3.05, 3.63) is 28.2 Å². The van der Waals surface area contributed by atoms with Crippen molar-refractivity contribution in [2.75, 3.05) is 27.2 Å². The topological polar surface area (TPSA) is 41.6 Å². The average molecular weight is 364 g/mol. The number of carbonyl (C=O) groups excluding carboxylic acids is 1. The summed E-state index contributed by atoms with van der Waals surface area (Å²) in [6.45, 7) is 1.88. The van der Waals surface area contributed by atoms with Gasteiger partial charge >= 0.3 is 0 Å². The van der Waals surface area contributed by atoms with E-state index in [0.29, 0.717) is 12.5 Å². The van der Waals surface area contributed by atoms with Crippen LogP contribution in [0.1, 0.15) is 12.0 Å². The lowest BCUT2D eigenvalue weighted by molar-refractivity contribution is -0.130. The Morgan fingerprint density at radius 2 is 2.30 bits per heavy atom. The van der Waals surface area contributed by atoms with Crippen LogP contribution in [0.4, 0.5) is 0 Å². The predicted octanol–water partition coefficient (Wildman–Crippen LogP) is 2.24. The Morgan fingerprint density at radius 3 is 2.90 bits per heavy atom. The van der Waals surface area contributed by atoms with Gasteiger partial charge in [0.15, 0.2) is 0 Å². The second-order valence-electron chi connectivity index (χ2n) is 4.78. The monoisotopic (exact) mass is 362 g/mol. The number of ether oxygens (including phenoxy) is 1. The van der Waals surface area contributed by atoms with E-state index in [-0.39, 0.29) is 18.3 Å². The zero-order chi connectivity index (χ0) is 13.8. The molecule has 0 radical (unpaired) electrons. The molecule has 0 aromatic heterocycles. The second-order valence-corrected chi connectivity index (χ2v) is 5.70. The van der Waals surface area contributed by atoms with E-state index in [2.05, 4.69) is 21.2 Å². The van der Waals surface area contributed by atoms with E-state index in [4.69, 9.17) is 4.74 Å². The molecule has 1 aliphatic rings.